The largest absolute Gasteiger partial charge is 0.505 e. The fourth-order valence-corrected chi connectivity index (χ4v) is 6.97. The number of aryl methyl sites for hydroxylation is 1. The van der Waals surface area contributed by atoms with E-state index in [1.165, 1.54) is 17.5 Å². The number of fused-ring (bicyclic) bond motifs is 3. The molecule has 0 aliphatic carbocycles. The highest BCUT2D eigenvalue weighted by atomic mass is 32.1. The zero-order chi connectivity index (χ0) is 28.1. The quantitative estimate of drug-likeness (QED) is 0.248. The van der Waals surface area contributed by atoms with Crippen molar-refractivity contribution in [3.05, 3.63) is 23.3 Å². The van der Waals surface area contributed by atoms with Crippen LogP contribution >= 0.6 is 22.7 Å². The van der Waals surface area contributed by atoms with Crippen molar-refractivity contribution in [2.75, 3.05) is 0 Å². The number of aliphatic hydroxyl groups is 1. The third-order valence-corrected chi connectivity index (χ3v) is 11.0. The minimum Gasteiger partial charge on any atom is -0.426 e. The number of nitrogens with zero attached hydrogens (tertiary/aromatic N) is 1. The van der Waals surface area contributed by atoms with Crippen LogP contribution in [0, 0.1) is 11.3 Å². The van der Waals surface area contributed by atoms with E-state index in [0.717, 1.165) is 55.4 Å². The van der Waals surface area contributed by atoms with E-state index in [2.05, 4.69) is 52.8 Å². The van der Waals surface area contributed by atoms with Crippen LogP contribution < -0.4 is 9.55 Å². The molecular weight excluding hydrogens is 512 g/mol. The maximum atomic E-state index is 10.5. The average molecular weight is 553 g/mol. The molecule has 0 saturated carbocycles. The molecule has 1 aliphatic heterocycles. The summed E-state index contributed by atoms with van der Waals surface area (Å²) in [7, 11) is -0.0504. The van der Waals surface area contributed by atoms with E-state index in [1.807, 2.05) is 13.8 Å². The lowest BCUT2D eigenvalue weighted by atomic mass is 9.85. The fraction of sp³-hybridized carbons (Fsp3) is 0.621. The standard InChI is InChI=1S/C29H41B2NO4S2/c1-10-11-12-13-14-18-20-16-23(31-35-28(6,7)29(8,9)36-31)38-25(20)24-19(21(18)17-32)15-22(37-24)30-34-27(4,5)26(2,3)33/h15-16,30,33H,10-14H2,1-9H3. The van der Waals surface area contributed by atoms with Gasteiger partial charge in [0.2, 0.25) is 0 Å². The first-order valence-corrected chi connectivity index (χ1v) is 15.4. The van der Waals surface area contributed by atoms with E-state index >= 15 is 0 Å². The molecule has 38 heavy (non-hydrogen) atoms. The number of thiophene rings is 2. The molecule has 1 N–H and O–H groups in total. The Morgan fingerprint density at radius 2 is 1.63 bits per heavy atom. The van der Waals surface area contributed by atoms with Gasteiger partial charge in [0.15, 0.2) is 0 Å². The third-order valence-electron chi connectivity index (χ3n) is 8.56. The number of nitriles is 1. The minimum absolute atomic E-state index is 0.379. The summed E-state index contributed by atoms with van der Waals surface area (Å²) in [5, 5.41) is 23.0. The number of benzene rings is 1. The van der Waals surface area contributed by atoms with Gasteiger partial charge in [-0.25, -0.2) is 0 Å². The third kappa shape index (κ3) is 5.46. The molecule has 3 aromatic rings. The lowest BCUT2D eigenvalue weighted by Crippen LogP contribution is -2.49. The minimum atomic E-state index is -0.980. The molecule has 1 saturated heterocycles. The normalized spacial score (nSPS) is 17.4. The maximum Gasteiger partial charge on any atom is 0.505 e. The SMILES string of the molecule is CCCCCCc1c(C#N)c2cc(BOC(C)(C)C(C)(C)O)sc2c2sc(B3OC(C)(C)C(C)(C)O3)cc12. The summed E-state index contributed by atoms with van der Waals surface area (Å²) in [6, 6.07) is 6.87. The van der Waals surface area contributed by atoms with E-state index < -0.39 is 29.5 Å². The zero-order valence-corrected chi connectivity index (χ0v) is 26.0. The molecule has 4 rings (SSSR count). The molecule has 204 valence electrons. The summed E-state index contributed by atoms with van der Waals surface area (Å²) in [6.07, 6.45) is 5.48. The van der Waals surface area contributed by atoms with Gasteiger partial charge in [0.1, 0.15) is 6.07 Å². The Morgan fingerprint density at radius 1 is 1.00 bits per heavy atom. The van der Waals surface area contributed by atoms with Gasteiger partial charge in [-0.1, -0.05) is 26.2 Å². The molecule has 5 nitrogen and oxygen atoms in total. The Bertz CT molecular complexity index is 1350. The van der Waals surface area contributed by atoms with Gasteiger partial charge < -0.3 is 19.1 Å². The van der Waals surface area contributed by atoms with Crippen molar-refractivity contribution in [1.29, 1.82) is 5.26 Å². The Kier molecular flexibility index (Phi) is 8.20. The van der Waals surface area contributed by atoms with E-state index in [-0.39, 0.29) is 0 Å². The number of rotatable bonds is 10. The summed E-state index contributed by atoms with van der Waals surface area (Å²) in [6.45, 7) is 17.9. The first-order valence-electron chi connectivity index (χ1n) is 13.7. The Labute approximate surface area is 236 Å². The second-order valence-electron chi connectivity index (χ2n) is 12.6. The van der Waals surface area contributed by atoms with Crippen LogP contribution in [-0.4, -0.2) is 42.1 Å². The topological polar surface area (TPSA) is 71.7 Å². The first kappa shape index (κ1) is 29.6. The van der Waals surface area contributed by atoms with Gasteiger partial charge in [-0.3, -0.25) is 0 Å². The second kappa shape index (κ2) is 10.5. The monoisotopic (exact) mass is 553 g/mol. The van der Waals surface area contributed by atoms with Crippen LogP contribution in [0.25, 0.3) is 20.2 Å². The molecule has 0 spiro atoms. The van der Waals surface area contributed by atoms with Gasteiger partial charge in [0, 0.05) is 14.9 Å². The van der Waals surface area contributed by atoms with E-state index in [1.54, 1.807) is 36.5 Å². The molecule has 0 unspecified atom stereocenters. The molecule has 9 heteroatoms. The van der Waals surface area contributed by atoms with Crippen LogP contribution in [0.5, 0.6) is 0 Å². The highest BCUT2D eigenvalue weighted by molar-refractivity contribution is 7.34. The summed E-state index contributed by atoms with van der Waals surface area (Å²) in [4.78, 5) is 0. The Balaban J connectivity index is 1.81. The van der Waals surface area contributed by atoms with Crippen molar-refractivity contribution in [3.8, 4) is 6.07 Å². The van der Waals surface area contributed by atoms with Crippen LogP contribution in [-0.2, 0) is 20.4 Å². The highest BCUT2D eigenvalue weighted by Crippen LogP contribution is 2.41. The van der Waals surface area contributed by atoms with E-state index in [9.17, 15) is 10.4 Å². The predicted molar refractivity (Wildman–Crippen MR) is 164 cm³/mol. The van der Waals surface area contributed by atoms with Crippen LogP contribution in [0.15, 0.2) is 12.1 Å². The Morgan fingerprint density at radius 3 is 2.21 bits per heavy atom. The summed E-state index contributed by atoms with van der Waals surface area (Å²) < 4.78 is 23.4. The molecule has 0 atom stereocenters. The molecular formula is C29H41B2NO4S2. The highest BCUT2D eigenvalue weighted by Gasteiger charge is 2.52. The molecule has 0 amide bonds. The molecule has 1 fully saturated rings. The van der Waals surface area contributed by atoms with Crippen LogP contribution in [0.2, 0.25) is 0 Å². The molecule has 1 aromatic carbocycles. The smallest absolute Gasteiger partial charge is 0.426 e. The van der Waals surface area contributed by atoms with E-state index in [0.29, 0.717) is 7.48 Å². The van der Waals surface area contributed by atoms with Gasteiger partial charge in [0.05, 0.1) is 37.4 Å². The van der Waals surface area contributed by atoms with Gasteiger partial charge in [-0.15, -0.1) is 22.7 Å². The second-order valence-corrected chi connectivity index (χ2v) is 14.8. The molecule has 1 aliphatic rings. The lowest BCUT2D eigenvalue weighted by molar-refractivity contribution is -0.0892. The van der Waals surface area contributed by atoms with Crippen molar-refractivity contribution >= 4 is 67.0 Å². The van der Waals surface area contributed by atoms with E-state index in [4.69, 9.17) is 14.0 Å². The van der Waals surface area contributed by atoms with Crippen LogP contribution in [0.1, 0.15) is 99.1 Å². The lowest BCUT2D eigenvalue weighted by Gasteiger charge is -2.37. The molecule has 0 bridgehead atoms. The number of hydrogen-bond donors (Lipinski definition) is 1. The van der Waals surface area contributed by atoms with Crippen molar-refractivity contribution in [1.82, 2.24) is 0 Å². The van der Waals surface area contributed by atoms with Gasteiger partial charge in [-0.05, 0) is 91.3 Å². The zero-order valence-electron chi connectivity index (χ0n) is 24.4. The Hall–Kier alpha value is -1.40. The summed E-state index contributed by atoms with van der Waals surface area (Å²) in [5.74, 6) is 0. The molecule has 2 aromatic heterocycles. The average Bonchev–Trinajstić information content (AvgIpc) is 3.48. The summed E-state index contributed by atoms with van der Waals surface area (Å²) in [5.41, 5.74) is -0.617. The van der Waals surface area contributed by atoms with Crippen molar-refractivity contribution < 1.29 is 19.1 Å². The van der Waals surface area contributed by atoms with Crippen LogP contribution in [0.4, 0.5) is 0 Å². The van der Waals surface area contributed by atoms with Gasteiger partial charge >= 0.3 is 14.6 Å². The molecule has 3 heterocycles. The summed E-state index contributed by atoms with van der Waals surface area (Å²) >= 11 is 3.39. The predicted octanol–water partition coefficient (Wildman–Crippen LogP) is 5.95. The van der Waals surface area contributed by atoms with Gasteiger partial charge in [-0.2, -0.15) is 5.26 Å². The van der Waals surface area contributed by atoms with Gasteiger partial charge in [0.25, 0.3) is 0 Å². The number of unbranched alkanes of at least 4 members (excludes halogenated alkanes) is 3. The maximum absolute atomic E-state index is 10.5. The van der Waals surface area contributed by atoms with Crippen molar-refractivity contribution in [2.24, 2.45) is 0 Å². The molecule has 0 radical (unpaired) electrons. The fourth-order valence-electron chi connectivity index (χ4n) is 4.59. The number of hydrogen-bond acceptors (Lipinski definition) is 7. The first-order chi connectivity index (χ1) is 17.6. The van der Waals surface area contributed by atoms with Crippen molar-refractivity contribution in [3.63, 3.8) is 0 Å². The van der Waals surface area contributed by atoms with Crippen LogP contribution in [0.3, 0.4) is 0 Å². The van der Waals surface area contributed by atoms with Crippen molar-refractivity contribution in [2.45, 2.75) is 117 Å².